The van der Waals surface area contributed by atoms with Crippen LogP contribution >= 0.6 is 0 Å². The quantitative estimate of drug-likeness (QED) is 0.564. The molecular weight excluding hydrogens is 168 g/mol. The van der Waals surface area contributed by atoms with Crippen LogP contribution < -0.4 is 0 Å². The third-order valence-corrected chi connectivity index (χ3v) is 1.77. The summed E-state index contributed by atoms with van der Waals surface area (Å²) in [7, 11) is 2.87. The van der Waals surface area contributed by atoms with E-state index >= 15 is 0 Å². The molecule has 1 fully saturated rings. The molecule has 1 radical (unpaired) electrons. The minimum atomic E-state index is -2.77. The fraction of sp³-hybridized carbons (Fsp3) is 0.714. The summed E-state index contributed by atoms with van der Waals surface area (Å²) in [6, 6.07) is 0. The summed E-state index contributed by atoms with van der Waals surface area (Å²) in [6.07, 6.45) is -0.634. The zero-order chi connectivity index (χ0) is 9.19. The topological polar surface area (TPSA) is 29.5 Å². The van der Waals surface area contributed by atoms with Gasteiger partial charge >= 0.3 is 6.09 Å². The highest BCUT2D eigenvalue weighted by Crippen LogP contribution is 2.26. The van der Waals surface area contributed by atoms with Gasteiger partial charge in [0.15, 0.2) is 0 Å². The second-order valence-corrected chi connectivity index (χ2v) is 2.79. The summed E-state index contributed by atoms with van der Waals surface area (Å²) in [5.74, 6) is -2.77. The van der Waals surface area contributed by atoms with Crippen molar-refractivity contribution in [1.82, 2.24) is 4.90 Å². The average Bonchev–Trinajstić information content (AvgIpc) is 2.01. The van der Waals surface area contributed by atoms with Gasteiger partial charge in [-0.05, 0) is 6.42 Å². The summed E-state index contributed by atoms with van der Waals surface area (Å²) in [6.45, 7) is -0.231. The second kappa shape index (κ2) is 3.25. The molecule has 0 aromatic rings. The molecule has 69 valence electrons. The molecule has 0 aromatic heterocycles. The molecule has 1 heterocycles. The zero-order valence-corrected chi connectivity index (χ0v) is 6.56. The fourth-order valence-corrected chi connectivity index (χ4v) is 1.21. The van der Waals surface area contributed by atoms with Crippen LogP contribution in [0.3, 0.4) is 0 Å². The van der Waals surface area contributed by atoms with Gasteiger partial charge in [-0.25, -0.2) is 13.6 Å². The predicted octanol–water partition coefficient (Wildman–Crippen LogP) is 1.65. The maximum absolute atomic E-state index is 12.7. The SMILES string of the molecule is [CH2]OC(=O)N1CCCC(F)(F)C1. The molecule has 0 atom stereocenters. The van der Waals surface area contributed by atoms with Gasteiger partial charge in [0.2, 0.25) is 0 Å². The Bertz CT molecular complexity index is 184. The molecule has 0 bridgehead atoms. The lowest BCUT2D eigenvalue weighted by Crippen LogP contribution is -2.45. The number of carbonyl (C=O) groups is 1. The van der Waals surface area contributed by atoms with E-state index in [4.69, 9.17) is 0 Å². The lowest BCUT2D eigenvalue weighted by atomic mass is 10.1. The van der Waals surface area contributed by atoms with E-state index < -0.39 is 18.6 Å². The van der Waals surface area contributed by atoms with Crippen molar-refractivity contribution in [3.05, 3.63) is 7.11 Å². The Balaban J connectivity index is 2.52. The number of nitrogens with zero attached hydrogens (tertiary/aromatic N) is 1. The first-order valence-electron chi connectivity index (χ1n) is 3.64. The van der Waals surface area contributed by atoms with Crippen molar-refractivity contribution in [3.8, 4) is 0 Å². The Kier molecular flexibility index (Phi) is 2.49. The first kappa shape index (κ1) is 9.22. The van der Waals surface area contributed by atoms with E-state index in [1.807, 2.05) is 0 Å². The van der Waals surface area contributed by atoms with Crippen molar-refractivity contribution >= 4 is 6.09 Å². The standard InChI is InChI=1S/C7H10F2NO2/c1-12-6(11)10-4-2-3-7(8,9)5-10/h1-5H2. The molecule has 0 saturated carbocycles. The zero-order valence-electron chi connectivity index (χ0n) is 6.56. The fourth-order valence-electron chi connectivity index (χ4n) is 1.21. The van der Waals surface area contributed by atoms with Crippen LogP contribution in [0.2, 0.25) is 0 Å². The molecule has 1 aliphatic heterocycles. The lowest BCUT2D eigenvalue weighted by Gasteiger charge is -2.31. The number of carbonyl (C=O) groups excluding carboxylic acids is 1. The Morgan fingerprint density at radius 1 is 1.58 bits per heavy atom. The number of hydrogen-bond donors (Lipinski definition) is 0. The van der Waals surface area contributed by atoms with E-state index in [0.717, 1.165) is 4.90 Å². The van der Waals surface area contributed by atoms with Gasteiger partial charge in [0.25, 0.3) is 5.92 Å². The van der Waals surface area contributed by atoms with Crippen LogP contribution in [0, 0.1) is 7.11 Å². The van der Waals surface area contributed by atoms with E-state index in [1.54, 1.807) is 0 Å². The van der Waals surface area contributed by atoms with Gasteiger partial charge in [-0.15, -0.1) is 0 Å². The summed E-state index contributed by atoms with van der Waals surface area (Å²) in [4.78, 5) is 11.7. The average molecular weight is 178 g/mol. The van der Waals surface area contributed by atoms with Crippen molar-refractivity contribution in [2.45, 2.75) is 18.8 Å². The van der Waals surface area contributed by atoms with Crippen LogP contribution in [-0.2, 0) is 4.74 Å². The number of amides is 1. The van der Waals surface area contributed by atoms with Crippen molar-refractivity contribution in [1.29, 1.82) is 0 Å². The van der Waals surface area contributed by atoms with Gasteiger partial charge in [0, 0.05) is 13.0 Å². The summed E-state index contributed by atoms with van der Waals surface area (Å²) in [5.41, 5.74) is 0. The van der Waals surface area contributed by atoms with Crippen molar-refractivity contribution in [3.63, 3.8) is 0 Å². The van der Waals surface area contributed by atoms with Crippen molar-refractivity contribution in [2.75, 3.05) is 13.1 Å². The monoisotopic (exact) mass is 178 g/mol. The summed E-state index contributed by atoms with van der Waals surface area (Å²) in [5, 5.41) is 0. The molecule has 0 N–H and O–H groups in total. The molecule has 5 heteroatoms. The summed E-state index contributed by atoms with van der Waals surface area (Å²) < 4.78 is 29.4. The van der Waals surface area contributed by atoms with E-state index in [0.29, 0.717) is 13.0 Å². The molecule has 0 aliphatic carbocycles. The molecule has 1 aliphatic rings. The number of likely N-dealkylation sites (tertiary alicyclic amines) is 1. The van der Waals surface area contributed by atoms with E-state index in [-0.39, 0.29) is 6.42 Å². The Labute approximate surface area is 69.3 Å². The minimum Gasteiger partial charge on any atom is -0.446 e. The number of hydrogen-bond acceptors (Lipinski definition) is 2. The number of alkyl halides is 2. The highest BCUT2D eigenvalue weighted by atomic mass is 19.3. The molecular formula is C7H10F2NO2. The van der Waals surface area contributed by atoms with Crippen LogP contribution in [0.4, 0.5) is 13.6 Å². The first-order chi connectivity index (χ1) is 5.55. The molecule has 1 saturated heterocycles. The number of piperidine rings is 1. The van der Waals surface area contributed by atoms with Gasteiger partial charge < -0.3 is 9.64 Å². The molecule has 0 unspecified atom stereocenters. The Morgan fingerprint density at radius 2 is 2.25 bits per heavy atom. The molecule has 0 spiro atoms. The Hall–Kier alpha value is -0.870. The van der Waals surface area contributed by atoms with E-state index in [1.165, 1.54) is 0 Å². The van der Waals surface area contributed by atoms with Crippen molar-refractivity contribution < 1.29 is 18.3 Å². The largest absolute Gasteiger partial charge is 0.446 e. The summed E-state index contributed by atoms with van der Waals surface area (Å²) >= 11 is 0. The number of ether oxygens (including phenoxy) is 1. The Morgan fingerprint density at radius 3 is 2.75 bits per heavy atom. The van der Waals surface area contributed by atoms with Crippen LogP contribution in [0.15, 0.2) is 0 Å². The van der Waals surface area contributed by atoms with Crippen molar-refractivity contribution in [2.24, 2.45) is 0 Å². The second-order valence-electron chi connectivity index (χ2n) is 2.79. The normalized spacial score (nSPS) is 22.1. The maximum Gasteiger partial charge on any atom is 0.410 e. The first-order valence-corrected chi connectivity index (χ1v) is 3.64. The molecule has 0 aromatic carbocycles. The van der Waals surface area contributed by atoms with E-state index in [2.05, 4.69) is 11.8 Å². The van der Waals surface area contributed by atoms with Crippen LogP contribution in [0.5, 0.6) is 0 Å². The van der Waals surface area contributed by atoms with Crippen LogP contribution in [0.1, 0.15) is 12.8 Å². The van der Waals surface area contributed by atoms with Crippen LogP contribution in [0.25, 0.3) is 0 Å². The lowest BCUT2D eigenvalue weighted by molar-refractivity contribution is -0.0580. The third kappa shape index (κ3) is 2.06. The molecule has 1 amide bonds. The molecule has 1 rings (SSSR count). The number of rotatable bonds is 0. The maximum atomic E-state index is 12.7. The predicted molar refractivity (Wildman–Crippen MR) is 37.6 cm³/mol. The third-order valence-electron chi connectivity index (χ3n) is 1.77. The van der Waals surface area contributed by atoms with Gasteiger partial charge in [0.1, 0.15) is 7.11 Å². The number of halogens is 2. The minimum absolute atomic E-state index is 0.159. The van der Waals surface area contributed by atoms with Gasteiger partial charge in [-0.2, -0.15) is 0 Å². The highest BCUT2D eigenvalue weighted by molar-refractivity contribution is 5.67. The smallest absolute Gasteiger partial charge is 0.410 e. The molecule has 3 nitrogen and oxygen atoms in total. The highest BCUT2D eigenvalue weighted by Gasteiger charge is 2.37. The van der Waals surface area contributed by atoms with E-state index in [9.17, 15) is 13.6 Å². The van der Waals surface area contributed by atoms with Gasteiger partial charge in [-0.3, -0.25) is 0 Å². The molecule has 12 heavy (non-hydrogen) atoms. The van der Waals surface area contributed by atoms with Gasteiger partial charge in [-0.1, -0.05) is 0 Å². The van der Waals surface area contributed by atoms with Gasteiger partial charge in [0.05, 0.1) is 6.54 Å². The van der Waals surface area contributed by atoms with Crippen LogP contribution in [-0.4, -0.2) is 30.0 Å².